The minimum absolute atomic E-state index is 0.0243. The lowest BCUT2D eigenvalue weighted by Gasteiger charge is -2.36. The predicted octanol–water partition coefficient (Wildman–Crippen LogP) is 4.95. The number of rotatable bonds is 5. The molecule has 2 aromatic heterocycles. The van der Waals surface area contributed by atoms with E-state index in [1.165, 1.54) is 11.3 Å². The van der Waals surface area contributed by atoms with Gasteiger partial charge >= 0.3 is 0 Å². The average Bonchev–Trinajstić information content (AvgIpc) is 3.43. The smallest absolute Gasteiger partial charge is 0.284 e. The molecular weight excluding hydrogens is 538 g/mol. The van der Waals surface area contributed by atoms with Gasteiger partial charge in [0.2, 0.25) is 0 Å². The number of ether oxygens (including phenoxy) is 2. The second-order valence-corrected chi connectivity index (χ2v) is 11.6. The number of anilines is 1. The molecule has 214 valence electrons. The van der Waals surface area contributed by atoms with E-state index in [1.54, 1.807) is 43.5 Å². The summed E-state index contributed by atoms with van der Waals surface area (Å²) >= 11 is 1.34. The number of likely N-dealkylation sites (N-methyl/N-ethyl adjacent to an activating group) is 1. The Labute approximate surface area is 244 Å². The molecule has 1 N–H and O–H groups in total. The summed E-state index contributed by atoms with van der Waals surface area (Å²) in [7, 11) is 3.47. The topological polar surface area (TPSA) is 96.9 Å². The van der Waals surface area contributed by atoms with Gasteiger partial charge in [-0.1, -0.05) is 25.1 Å². The van der Waals surface area contributed by atoms with Crippen molar-refractivity contribution in [3.05, 3.63) is 83.1 Å². The van der Waals surface area contributed by atoms with Crippen LogP contribution >= 0.6 is 11.3 Å². The number of carbonyl (C=O) groups is 2. The Morgan fingerprint density at radius 3 is 2.73 bits per heavy atom. The van der Waals surface area contributed by atoms with Crippen molar-refractivity contribution in [1.29, 1.82) is 0 Å². The van der Waals surface area contributed by atoms with Crippen molar-refractivity contribution in [3.63, 3.8) is 0 Å². The highest BCUT2D eigenvalue weighted by Crippen LogP contribution is 2.28. The fraction of sp³-hybridized carbons (Fsp3) is 0.355. The van der Waals surface area contributed by atoms with Gasteiger partial charge in [-0.05, 0) is 48.7 Å². The molecule has 0 saturated carbocycles. The lowest BCUT2D eigenvalue weighted by molar-refractivity contribution is 0.00920. The molecule has 9 nitrogen and oxygen atoms in total. The highest BCUT2D eigenvalue weighted by Gasteiger charge is 2.28. The first-order valence-electron chi connectivity index (χ1n) is 13.7. The zero-order valence-electron chi connectivity index (χ0n) is 23.7. The molecule has 0 saturated heterocycles. The van der Waals surface area contributed by atoms with E-state index in [0.29, 0.717) is 41.7 Å². The summed E-state index contributed by atoms with van der Waals surface area (Å²) in [6.45, 7) is 6.51. The van der Waals surface area contributed by atoms with Gasteiger partial charge in [0.05, 0.1) is 21.9 Å². The Morgan fingerprint density at radius 1 is 1.15 bits per heavy atom. The molecule has 3 heterocycles. The number of fused-ring (bicyclic) bond motifs is 2. The Balaban J connectivity index is 1.42. The van der Waals surface area contributed by atoms with Crippen molar-refractivity contribution >= 4 is 39.1 Å². The number of amides is 2. The minimum Gasteiger partial charge on any atom is -0.491 e. The number of hydrogen-bond donors (Lipinski definition) is 1. The highest BCUT2D eigenvalue weighted by molar-refractivity contribution is 7.20. The molecule has 1 aliphatic heterocycles. The summed E-state index contributed by atoms with van der Waals surface area (Å²) in [4.78, 5) is 39.3. The highest BCUT2D eigenvalue weighted by atomic mass is 32.1. The zero-order valence-corrected chi connectivity index (χ0v) is 24.6. The van der Waals surface area contributed by atoms with E-state index >= 15 is 0 Å². The normalized spacial score (nSPS) is 20.5. The standard InChI is InChI=1S/C31H35N5O4S/c1-20-16-36(17-22-8-7-13-32-15-22)21(2)19-40-26-14-23(11-12-24(26)31(38)35(3)18-27(20)39-4)33-29(37)30-34-25-9-5-6-10-28(25)41-30/h5-15,20-21,27H,16-19H2,1-4H3,(H,33,37)/t20-,21+,27+/m1/s1. The lowest BCUT2D eigenvalue weighted by Crippen LogP contribution is -2.46. The maximum Gasteiger partial charge on any atom is 0.284 e. The molecule has 5 rings (SSSR count). The molecule has 0 spiro atoms. The van der Waals surface area contributed by atoms with Crippen LogP contribution in [-0.2, 0) is 11.3 Å². The van der Waals surface area contributed by atoms with Gasteiger partial charge in [-0.25, -0.2) is 4.98 Å². The molecule has 2 aromatic carbocycles. The molecule has 1 aliphatic rings. The lowest BCUT2D eigenvalue weighted by atomic mass is 10.0. The van der Waals surface area contributed by atoms with Crippen LogP contribution in [0.3, 0.4) is 0 Å². The van der Waals surface area contributed by atoms with Crippen molar-refractivity contribution in [1.82, 2.24) is 19.8 Å². The average molecular weight is 574 g/mol. The molecule has 0 fully saturated rings. The molecule has 0 aliphatic carbocycles. The molecule has 0 radical (unpaired) electrons. The number of benzene rings is 2. The van der Waals surface area contributed by atoms with Gasteiger partial charge in [-0.2, -0.15) is 0 Å². The Bertz CT molecular complexity index is 1480. The van der Waals surface area contributed by atoms with Crippen LogP contribution in [0.15, 0.2) is 67.0 Å². The van der Waals surface area contributed by atoms with E-state index in [-0.39, 0.29) is 29.9 Å². The first kappa shape index (κ1) is 28.7. The number of carbonyl (C=O) groups excluding carboxylic acids is 2. The van der Waals surface area contributed by atoms with Gasteiger partial charge in [-0.3, -0.25) is 19.5 Å². The van der Waals surface area contributed by atoms with Crippen molar-refractivity contribution < 1.29 is 19.1 Å². The zero-order chi connectivity index (χ0) is 28.9. The van der Waals surface area contributed by atoms with Crippen LogP contribution in [0.5, 0.6) is 5.75 Å². The maximum absolute atomic E-state index is 13.5. The summed E-state index contributed by atoms with van der Waals surface area (Å²) in [5.41, 5.74) is 2.85. The van der Waals surface area contributed by atoms with E-state index in [9.17, 15) is 9.59 Å². The summed E-state index contributed by atoms with van der Waals surface area (Å²) < 4.78 is 13.1. The third kappa shape index (κ3) is 6.73. The third-order valence-corrected chi connectivity index (χ3v) is 8.47. The quantitative estimate of drug-likeness (QED) is 0.361. The fourth-order valence-electron chi connectivity index (χ4n) is 5.03. The van der Waals surface area contributed by atoms with Gasteiger partial charge in [0, 0.05) is 64.0 Å². The van der Waals surface area contributed by atoms with E-state index < -0.39 is 0 Å². The minimum atomic E-state index is -0.310. The number of pyridine rings is 1. The number of aromatic nitrogens is 2. The number of para-hydroxylation sites is 1. The summed E-state index contributed by atoms with van der Waals surface area (Å²) in [5.74, 6) is 0.0995. The van der Waals surface area contributed by atoms with E-state index in [0.717, 1.165) is 22.3 Å². The number of hydrogen-bond acceptors (Lipinski definition) is 8. The summed E-state index contributed by atoms with van der Waals surface area (Å²) in [6, 6.07) is 16.8. The van der Waals surface area contributed by atoms with Gasteiger partial charge in [0.1, 0.15) is 12.4 Å². The van der Waals surface area contributed by atoms with E-state index in [1.807, 2.05) is 36.5 Å². The molecule has 2 amide bonds. The van der Waals surface area contributed by atoms with Gasteiger partial charge in [0.15, 0.2) is 5.01 Å². The molecule has 41 heavy (non-hydrogen) atoms. The second-order valence-electron chi connectivity index (χ2n) is 10.5. The number of methoxy groups -OCH3 is 1. The van der Waals surface area contributed by atoms with Gasteiger partial charge < -0.3 is 19.7 Å². The Hall–Kier alpha value is -3.86. The molecule has 0 bridgehead atoms. The Kier molecular flexibility index (Phi) is 8.92. The number of nitrogens with zero attached hydrogens (tertiary/aromatic N) is 4. The Morgan fingerprint density at radius 2 is 1.98 bits per heavy atom. The van der Waals surface area contributed by atoms with E-state index in [4.69, 9.17) is 9.47 Å². The first-order chi connectivity index (χ1) is 19.8. The molecule has 10 heteroatoms. The third-order valence-electron chi connectivity index (χ3n) is 7.43. The van der Waals surface area contributed by atoms with Crippen LogP contribution in [0, 0.1) is 5.92 Å². The van der Waals surface area contributed by atoms with Crippen LogP contribution in [0.25, 0.3) is 10.2 Å². The fourth-order valence-corrected chi connectivity index (χ4v) is 5.89. The predicted molar refractivity (Wildman–Crippen MR) is 161 cm³/mol. The van der Waals surface area contributed by atoms with Crippen molar-refractivity contribution in [2.75, 3.05) is 39.2 Å². The molecular formula is C31H35N5O4S. The monoisotopic (exact) mass is 573 g/mol. The summed E-state index contributed by atoms with van der Waals surface area (Å²) in [5, 5.41) is 3.29. The summed E-state index contributed by atoms with van der Waals surface area (Å²) in [6.07, 6.45) is 3.50. The van der Waals surface area contributed by atoms with Crippen LogP contribution < -0.4 is 10.1 Å². The van der Waals surface area contributed by atoms with Crippen LogP contribution in [0.2, 0.25) is 0 Å². The molecule has 4 aromatic rings. The van der Waals surface area contributed by atoms with Crippen LogP contribution in [0.1, 0.15) is 39.6 Å². The van der Waals surface area contributed by atoms with Crippen LogP contribution in [-0.4, -0.2) is 77.6 Å². The van der Waals surface area contributed by atoms with Gasteiger partial charge in [-0.15, -0.1) is 11.3 Å². The molecule has 3 atom stereocenters. The van der Waals surface area contributed by atoms with Crippen molar-refractivity contribution in [3.8, 4) is 5.75 Å². The van der Waals surface area contributed by atoms with Gasteiger partial charge in [0.25, 0.3) is 11.8 Å². The number of thiazole rings is 1. The second kappa shape index (κ2) is 12.8. The number of nitrogens with one attached hydrogen (secondary N) is 1. The molecule has 0 unspecified atom stereocenters. The van der Waals surface area contributed by atoms with Crippen molar-refractivity contribution in [2.24, 2.45) is 5.92 Å². The SMILES string of the molecule is CO[C@H]1CN(C)C(=O)c2ccc(NC(=O)c3nc4ccccc4s3)cc2OC[C@H](C)N(Cc2cccnc2)C[C@H]1C. The first-order valence-corrected chi connectivity index (χ1v) is 14.5. The maximum atomic E-state index is 13.5. The van der Waals surface area contributed by atoms with E-state index in [2.05, 4.69) is 40.1 Å². The largest absolute Gasteiger partial charge is 0.491 e. The van der Waals surface area contributed by atoms with Crippen LogP contribution in [0.4, 0.5) is 5.69 Å². The van der Waals surface area contributed by atoms with Crippen molar-refractivity contribution in [2.45, 2.75) is 32.5 Å².